The minimum absolute atomic E-state index is 0.718. The van der Waals surface area contributed by atoms with Gasteiger partial charge in [0.25, 0.3) is 0 Å². The van der Waals surface area contributed by atoms with Crippen LogP contribution in [0.5, 0.6) is 5.06 Å². The van der Waals surface area contributed by atoms with Crippen molar-refractivity contribution in [1.82, 2.24) is 5.32 Å². The molecule has 2 aliphatic rings. The zero-order valence-electron chi connectivity index (χ0n) is 10.6. The van der Waals surface area contributed by atoms with Gasteiger partial charge in [-0.15, -0.1) is 22.7 Å². The number of piperidine rings is 1. The Bertz CT molecular complexity index is 586. The van der Waals surface area contributed by atoms with E-state index in [0.717, 1.165) is 37.6 Å². The largest absolute Gasteiger partial charge is 0.478 e. The van der Waals surface area contributed by atoms with Crippen molar-refractivity contribution in [3.05, 3.63) is 44.5 Å². The standard InChI is InChI=1S/C15H15NOS2/c1-5-16-6-2-10(1)14-11-3-7-18-13(11)9-17-15-12(14)4-8-19-15/h3-4,7-8,16H,1-2,5-6,9H2. The second-order valence-corrected chi connectivity index (χ2v) is 6.78. The monoisotopic (exact) mass is 289 g/mol. The van der Waals surface area contributed by atoms with Crippen molar-refractivity contribution in [1.29, 1.82) is 0 Å². The summed E-state index contributed by atoms with van der Waals surface area (Å²) in [4.78, 5) is 1.37. The Hall–Kier alpha value is -1.10. The summed E-state index contributed by atoms with van der Waals surface area (Å²) in [5, 5.41) is 8.86. The molecule has 19 heavy (non-hydrogen) atoms. The average molecular weight is 289 g/mol. The smallest absolute Gasteiger partial charge is 0.182 e. The average Bonchev–Trinajstić information content (AvgIpc) is 3.07. The highest BCUT2D eigenvalue weighted by atomic mass is 32.1. The molecule has 0 atom stereocenters. The number of nitrogens with one attached hydrogen (secondary N) is 1. The van der Waals surface area contributed by atoms with Gasteiger partial charge in [-0.2, -0.15) is 0 Å². The number of hydrogen-bond donors (Lipinski definition) is 1. The number of ether oxygens (including phenoxy) is 1. The van der Waals surface area contributed by atoms with E-state index in [1.165, 1.54) is 21.6 Å². The Balaban J connectivity index is 1.95. The second kappa shape index (κ2) is 4.78. The Morgan fingerprint density at radius 2 is 1.79 bits per heavy atom. The Morgan fingerprint density at radius 1 is 1.00 bits per heavy atom. The molecule has 4 rings (SSSR count). The first-order valence-corrected chi connectivity index (χ1v) is 8.39. The molecule has 0 saturated carbocycles. The Kier molecular flexibility index (Phi) is 2.94. The van der Waals surface area contributed by atoms with Crippen LogP contribution in [-0.4, -0.2) is 13.1 Å². The van der Waals surface area contributed by atoms with Crippen LogP contribution in [0.4, 0.5) is 0 Å². The van der Waals surface area contributed by atoms with E-state index in [1.54, 1.807) is 16.9 Å². The summed E-state index contributed by atoms with van der Waals surface area (Å²) in [6.45, 7) is 2.91. The third-order valence-electron chi connectivity index (χ3n) is 3.81. The highest BCUT2D eigenvalue weighted by Crippen LogP contribution is 2.44. The lowest BCUT2D eigenvalue weighted by atomic mass is 9.90. The van der Waals surface area contributed by atoms with Crippen molar-refractivity contribution >= 4 is 28.2 Å². The summed E-state index contributed by atoms with van der Waals surface area (Å²) >= 11 is 3.52. The number of fused-ring (bicyclic) bond motifs is 2. The summed E-state index contributed by atoms with van der Waals surface area (Å²) in [5.74, 6) is 0. The van der Waals surface area contributed by atoms with Crippen LogP contribution in [0.15, 0.2) is 28.5 Å². The number of thiophene rings is 2. The number of hydrogen-bond acceptors (Lipinski definition) is 4. The minimum Gasteiger partial charge on any atom is -0.478 e. The van der Waals surface area contributed by atoms with Gasteiger partial charge >= 0.3 is 0 Å². The van der Waals surface area contributed by atoms with Gasteiger partial charge in [-0.3, -0.25) is 0 Å². The van der Waals surface area contributed by atoms with Gasteiger partial charge in [-0.25, -0.2) is 0 Å². The van der Waals surface area contributed by atoms with E-state index >= 15 is 0 Å². The third kappa shape index (κ3) is 1.95. The molecule has 2 aromatic heterocycles. The SMILES string of the molecule is c1cc2c(s1)COc1sccc1C2=C1CCNCC1. The lowest BCUT2D eigenvalue weighted by Gasteiger charge is -2.20. The van der Waals surface area contributed by atoms with Gasteiger partial charge in [0.2, 0.25) is 0 Å². The molecule has 4 heteroatoms. The molecule has 0 amide bonds. The van der Waals surface area contributed by atoms with E-state index in [9.17, 15) is 0 Å². The van der Waals surface area contributed by atoms with Gasteiger partial charge in [0.05, 0.1) is 0 Å². The van der Waals surface area contributed by atoms with Crippen molar-refractivity contribution in [3.8, 4) is 5.06 Å². The van der Waals surface area contributed by atoms with Crippen LogP contribution in [0.3, 0.4) is 0 Å². The molecule has 1 saturated heterocycles. The fraction of sp³-hybridized carbons (Fsp3) is 0.333. The van der Waals surface area contributed by atoms with Crippen molar-refractivity contribution in [3.63, 3.8) is 0 Å². The van der Waals surface area contributed by atoms with Crippen LogP contribution < -0.4 is 10.1 Å². The lowest BCUT2D eigenvalue weighted by Crippen LogP contribution is -2.23. The molecule has 0 spiro atoms. The molecule has 2 aromatic rings. The summed E-state index contributed by atoms with van der Waals surface area (Å²) in [6.07, 6.45) is 2.31. The fourth-order valence-corrected chi connectivity index (χ4v) is 4.45. The van der Waals surface area contributed by atoms with Gasteiger partial charge in [0.1, 0.15) is 6.61 Å². The normalized spacial score (nSPS) is 18.5. The van der Waals surface area contributed by atoms with Crippen LogP contribution in [0, 0.1) is 0 Å². The molecule has 1 fully saturated rings. The molecule has 0 bridgehead atoms. The van der Waals surface area contributed by atoms with E-state index in [-0.39, 0.29) is 0 Å². The molecule has 2 aliphatic heterocycles. The zero-order valence-corrected chi connectivity index (χ0v) is 12.2. The first-order chi connectivity index (χ1) is 9.43. The summed E-state index contributed by atoms with van der Waals surface area (Å²) < 4.78 is 5.97. The molecule has 1 N–H and O–H groups in total. The molecule has 4 heterocycles. The maximum atomic E-state index is 5.97. The summed E-state index contributed by atoms with van der Waals surface area (Å²) in [7, 11) is 0. The molecule has 0 aliphatic carbocycles. The van der Waals surface area contributed by atoms with Gasteiger partial charge < -0.3 is 10.1 Å². The molecule has 0 aromatic carbocycles. The van der Waals surface area contributed by atoms with Crippen molar-refractivity contribution < 1.29 is 4.74 Å². The van der Waals surface area contributed by atoms with Gasteiger partial charge in [0, 0.05) is 10.4 Å². The van der Waals surface area contributed by atoms with Crippen molar-refractivity contribution in [2.45, 2.75) is 19.4 Å². The van der Waals surface area contributed by atoms with E-state index in [1.807, 2.05) is 11.3 Å². The van der Waals surface area contributed by atoms with E-state index < -0.39 is 0 Å². The van der Waals surface area contributed by atoms with E-state index in [4.69, 9.17) is 4.74 Å². The van der Waals surface area contributed by atoms with Crippen LogP contribution in [0.25, 0.3) is 5.57 Å². The highest BCUT2D eigenvalue weighted by molar-refractivity contribution is 7.12. The second-order valence-electron chi connectivity index (χ2n) is 4.90. The van der Waals surface area contributed by atoms with Gasteiger partial charge in [0.15, 0.2) is 5.06 Å². The van der Waals surface area contributed by atoms with Gasteiger partial charge in [-0.05, 0) is 60.0 Å². The van der Waals surface area contributed by atoms with E-state index in [0.29, 0.717) is 0 Å². The summed E-state index contributed by atoms with van der Waals surface area (Å²) in [6, 6.07) is 4.48. The van der Waals surface area contributed by atoms with Crippen molar-refractivity contribution in [2.75, 3.05) is 13.1 Å². The molecule has 98 valence electrons. The minimum atomic E-state index is 0.718. The van der Waals surface area contributed by atoms with Crippen molar-refractivity contribution in [2.24, 2.45) is 0 Å². The quantitative estimate of drug-likeness (QED) is 0.794. The van der Waals surface area contributed by atoms with Gasteiger partial charge in [-0.1, -0.05) is 5.57 Å². The topological polar surface area (TPSA) is 21.3 Å². The van der Waals surface area contributed by atoms with Crippen LogP contribution in [0.2, 0.25) is 0 Å². The first-order valence-electron chi connectivity index (χ1n) is 6.63. The molecular formula is C15H15NOS2. The number of rotatable bonds is 0. The fourth-order valence-electron chi connectivity index (χ4n) is 2.90. The first kappa shape index (κ1) is 11.7. The molecule has 0 unspecified atom stereocenters. The molecule has 0 radical (unpaired) electrons. The predicted molar refractivity (Wildman–Crippen MR) is 81.1 cm³/mol. The third-order valence-corrected chi connectivity index (χ3v) is 5.53. The van der Waals surface area contributed by atoms with Crippen LogP contribution in [-0.2, 0) is 6.61 Å². The zero-order chi connectivity index (χ0) is 12.7. The molecule has 2 nitrogen and oxygen atoms in total. The van der Waals surface area contributed by atoms with Crippen LogP contribution in [0.1, 0.15) is 28.8 Å². The van der Waals surface area contributed by atoms with Crippen LogP contribution >= 0.6 is 22.7 Å². The lowest BCUT2D eigenvalue weighted by molar-refractivity contribution is 0.320. The van der Waals surface area contributed by atoms with E-state index in [2.05, 4.69) is 28.2 Å². The Labute approximate surface area is 120 Å². The maximum Gasteiger partial charge on any atom is 0.182 e. The highest BCUT2D eigenvalue weighted by Gasteiger charge is 2.24. The molecular weight excluding hydrogens is 274 g/mol. The Morgan fingerprint density at radius 3 is 2.68 bits per heavy atom. The predicted octanol–water partition coefficient (Wildman–Crippen LogP) is 3.89. The maximum absolute atomic E-state index is 5.97. The summed E-state index contributed by atoms with van der Waals surface area (Å²) in [5.41, 5.74) is 5.74.